The molecular formula is C22H23N3O4. The van der Waals surface area contributed by atoms with E-state index in [0.717, 1.165) is 27.5 Å². The molecule has 0 aliphatic rings. The van der Waals surface area contributed by atoms with Crippen LogP contribution in [0.2, 0.25) is 0 Å². The van der Waals surface area contributed by atoms with Gasteiger partial charge >= 0.3 is 11.7 Å². The molecule has 0 bridgehead atoms. The van der Waals surface area contributed by atoms with Gasteiger partial charge < -0.3 is 15.2 Å². The molecule has 4 aromatic rings. The van der Waals surface area contributed by atoms with E-state index in [1.54, 1.807) is 10.6 Å². The quantitative estimate of drug-likeness (QED) is 0.469. The van der Waals surface area contributed by atoms with E-state index in [-0.39, 0.29) is 18.3 Å². The minimum atomic E-state index is -1.13. The summed E-state index contributed by atoms with van der Waals surface area (Å²) in [5.74, 6) is -2.17. The molecule has 2 aromatic heterocycles. The largest absolute Gasteiger partial charge is 0.481 e. The van der Waals surface area contributed by atoms with Crippen molar-refractivity contribution in [3.63, 3.8) is 0 Å². The number of carbonyl (C=O) groups is 1. The Morgan fingerprint density at radius 3 is 2.55 bits per heavy atom. The first kappa shape index (κ1) is 19.0. The zero-order valence-corrected chi connectivity index (χ0v) is 16.3. The molecule has 29 heavy (non-hydrogen) atoms. The van der Waals surface area contributed by atoms with Crippen molar-refractivity contribution in [3.05, 3.63) is 70.3 Å². The van der Waals surface area contributed by atoms with Crippen LogP contribution in [0.15, 0.2) is 53.5 Å². The van der Waals surface area contributed by atoms with E-state index in [0.29, 0.717) is 5.52 Å². The van der Waals surface area contributed by atoms with Crippen molar-refractivity contribution in [2.45, 2.75) is 26.4 Å². The molecule has 7 heteroatoms. The molecule has 4 rings (SSSR count). The number of H-pyrrole nitrogens is 1. The van der Waals surface area contributed by atoms with Gasteiger partial charge in [0.1, 0.15) is 0 Å². The van der Waals surface area contributed by atoms with E-state index in [1.165, 1.54) is 4.57 Å². The van der Waals surface area contributed by atoms with Gasteiger partial charge in [-0.3, -0.25) is 13.9 Å². The molecule has 0 aliphatic heterocycles. The molecule has 2 atom stereocenters. The number of benzene rings is 2. The summed E-state index contributed by atoms with van der Waals surface area (Å²) in [6, 6.07) is 13.1. The number of rotatable bonds is 6. The number of aryl methyl sites for hydroxylation is 1. The molecule has 0 spiro atoms. The Morgan fingerprint density at radius 2 is 1.86 bits per heavy atom. The van der Waals surface area contributed by atoms with Crippen LogP contribution in [-0.2, 0) is 11.3 Å². The Labute approximate surface area is 166 Å². The van der Waals surface area contributed by atoms with Gasteiger partial charge in [0, 0.05) is 29.2 Å². The molecule has 0 saturated heterocycles. The van der Waals surface area contributed by atoms with Gasteiger partial charge in [0.15, 0.2) is 0 Å². The van der Waals surface area contributed by atoms with Crippen LogP contribution in [0, 0.1) is 12.8 Å². The van der Waals surface area contributed by atoms with E-state index < -0.39 is 18.5 Å². The average molecular weight is 393 g/mol. The number of carboxylic acids is 1. The third-order valence-electron chi connectivity index (χ3n) is 5.62. The zero-order chi connectivity index (χ0) is 20.7. The lowest BCUT2D eigenvalue weighted by atomic mass is 10.0. The first-order chi connectivity index (χ1) is 13.9. The van der Waals surface area contributed by atoms with E-state index in [1.807, 2.05) is 56.4 Å². The molecular weight excluding hydrogens is 370 g/mol. The van der Waals surface area contributed by atoms with Crippen molar-refractivity contribution in [2.24, 2.45) is 5.92 Å². The van der Waals surface area contributed by atoms with Crippen LogP contribution < -0.4 is 5.69 Å². The van der Waals surface area contributed by atoms with E-state index in [9.17, 15) is 19.8 Å². The minimum Gasteiger partial charge on any atom is -0.481 e. The van der Waals surface area contributed by atoms with Crippen LogP contribution in [0.4, 0.5) is 0 Å². The Balaban J connectivity index is 1.91. The fourth-order valence-electron chi connectivity index (χ4n) is 4.08. The molecule has 2 aromatic carbocycles. The number of aliphatic hydroxyl groups excluding tert-OH is 1. The lowest BCUT2D eigenvalue weighted by molar-refractivity contribution is -0.143. The van der Waals surface area contributed by atoms with Crippen molar-refractivity contribution in [1.29, 1.82) is 0 Å². The van der Waals surface area contributed by atoms with Crippen LogP contribution in [0.25, 0.3) is 21.9 Å². The number of carboxylic acid groups (broad SMARTS) is 1. The summed E-state index contributed by atoms with van der Waals surface area (Å²) in [5, 5.41) is 19.8. The fraction of sp³-hybridized carbons (Fsp3) is 0.273. The SMILES string of the molecule is Cc1cccc2[nH]cc(C(C)n3c(=O)n(CC(CO)C(=O)O)c4ccccc43)c12. The summed E-state index contributed by atoms with van der Waals surface area (Å²) in [5.41, 5.74) is 4.22. The molecule has 2 heterocycles. The second-order valence-electron chi connectivity index (χ2n) is 7.39. The maximum atomic E-state index is 13.4. The van der Waals surface area contributed by atoms with Gasteiger partial charge in [-0.1, -0.05) is 24.3 Å². The highest BCUT2D eigenvalue weighted by molar-refractivity contribution is 5.87. The maximum Gasteiger partial charge on any atom is 0.329 e. The maximum absolute atomic E-state index is 13.4. The van der Waals surface area contributed by atoms with Gasteiger partial charge in [0.2, 0.25) is 0 Å². The number of para-hydroxylation sites is 2. The molecule has 0 fully saturated rings. The van der Waals surface area contributed by atoms with Crippen molar-refractivity contribution < 1.29 is 15.0 Å². The van der Waals surface area contributed by atoms with E-state index in [4.69, 9.17) is 0 Å². The number of nitrogens with zero attached hydrogens (tertiary/aromatic N) is 2. The Morgan fingerprint density at radius 1 is 1.14 bits per heavy atom. The fourth-order valence-corrected chi connectivity index (χ4v) is 4.08. The zero-order valence-electron chi connectivity index (χ0n) is 16.3. The first-order valence-corrected chi connectivity index (χ1v) is 9.54. The van der Waals surface area contributed by atoms with Gasteiger partial charge in [-0.15, -0.1) is 0 Å². The van der Waals surface area contributed by atoms with Gasteiger partial charge in [-0.05, 0) is 37.6 Å². The number of hydrogen-bond acceptors (Lipinski definition) is 3. The van der Waals surface area contributed by atoms with Gasteiger partial charge in [0.05, 0.1) is 29.6 Å². The first-order valence-electron chi connectivity index (χ1n) is 9.54. The number of aromatic nitrogens is 3. The monoisotopic (exact) mass is 393 g/mol. The van der Waals surface area contributed by atoms with Gasteiger partial charge in [-0.25, -0.2) is 4.79 Å². The van der Waals surface area contributed by atoms with Crippen LogP contribution in [0.5, 0.6) is 0 Å². The predicted molar refractivity (Wildman–Crippen MR) is 111 cm³/mol. The van der Waals surface area contributed by atoms with Crippen LogP contribution in [0.1, 0.15) is 24.1 Å². The minimum absolute atomic E-state index is 0.0855. The van der Waals surface area contributed by atoms with Gasteiger partial charge in [-0.2, -0.15) is 0 Å². The molecule has 0 aliphatic carbocycles. The van der Waals surface area contributed by atoms with Crippen molar-refractivity contribution in [3.8, 4) is 0 Å². The third-order valence-corrected chi connectivity index (χ3v) is 5.62. The molecule has 7 nitrogen and oxygen atoms in total. The molecule has 3 N–H and O–H groups in total. The second-order valence-corrected chi connectivity index (χ2v) is 7.39. The summed E-state index contributed by atoms with van der Waals surface area (Å²) in [7, 11) is 0. The molecule has 2 unspecified atom stereocenters. The summed E-state index contributed by atoms with van der Waals surface area (Å²) in [6.07, 6.45) is 1.93. The standard InChI is InChI=1S/C22H23N3O4/c1-13-6-5-7-17-20(13)16(10-23-17)14(2)25-19-9-4-3-8-18(19)24(22(25)29)11-15(12-26)21(27)28/h3-10,14-15,23,26H,11-12H2,1-2H3,(H,27,28). The number of imidazole rings is 1. The normalized spacial score (nSPS) is 13.8. The third kappa shape index (κ3) is 3.03. The van der Waals surface area contributed by atoms with Crippen LogP contribution >= 0.6 is 0 Å². The number of hydrogen-bond donors (Lipinski definition) is 3. The van der Waals surface area contributed by atoms with E-state index in [2.05, 4.69) is 4.98 Å². The molecule has 150 valence electrons. The summed E-state index contributed by atoms with van der Waals surface area (Å²) in [4.78, 5) is 28.0. The highest BCUT2D eigenvalue weighted by Gasteiger charge is 2.24. The molecule has 0 saturated carbocycles. The Bertz CT molecular complexity index is 1260. The molecule has 0 radical (unpaired) electrons. The van der Waals surface area contributed by atoms with Crippen molar-refractivity contribution >= 4 is 27.9 Å². The Hall–Kier alpha value is -3.32. The van der Waals surface area contributed by atoms with Crippen molar-refractivity contribution in [1.82, 2.24) is 14.1 Å². The second kappa shape index (κ2) is 7.25. The lowest BCUT2D eigenvalue weighted by Gasteiger charge is -2.14. The topological polar surface area (TPSA) is 100 Å². The van der Waals surface area contributed by atoms with Crippen LogP contribution in [0.3, 0.4) is 0 Å². The Kier molecular flexibility index (Phi) is 4.76. The van der Waals surface area contributed by atoms with Gasteiger partial charge in [0.25, 0.3) is 0 Å². The summed E-state index contributed by atoms with van der Waals surface area (Å²) >= 11 is 0. The number of fused-ring (bicyclic) bond motifs is 2. The highest BCUT2D eigenvalue weighted by Crippen LogP contribution is 2.30. The molecule has 0 amide bonds. The highest BCUT2D eigenvalue weighted by atomic mass is 16.4. The smallest absolute Gasteiger partial charge is 0.329 e. The average Bonchev–Trinajstić information content (AvgIpc) is 3.25. The lowest BCUT2D eigenvalue weighted by Crippen LogP contribution is -2.32. The van der Waals surface area contributed by atoms with Crippen LogP contribution in [-0.4, -0.2) is 36.9 Å². The van der Waals surface area contributed by atoms with E-state index >= 15 is 0 Å². The summed E-state index contributed by atoms with van der Waals surface area (Å²) < 4.78 is 3.14. The van der Waals surface area contributed by atoms with Crippen molar-refractivity contribution in [2.75, 3.05) is 6.61 Å². The predicted octanol–water partition coefficient (Wildman–Crippen LogP) is 2.90. The number of aliphatic hydroxyl groups is 1. The summed E-state index contributed by atoms with van der Waals surface area (Å²) in [6.45, 7) is 3.39. The number of nitrogens with one attached hydrogen (secondary N) is 1. The number of aromatic amines is 1. The number of aliphatic carboxylic acids is 1.